The molecule has 1 aliphatic rings. The van der Waals surface area contributed by atoms with Crippen molar-refractivity contribution in [2.24, 2.45) is 0 Å². The fourth-order valence-corrected chi connectivity index (χ4v) is 2.27. The van der Waals surface area contributed by atoms with Gasteiger partial charge in [-0.1, -0.05) is 6.92 Å². The van der Waals surface area contributed by atoms with E-state index in [0.29, 0.717) is 25.8 Å². The molecule has 1 fully saturated rings. The summed E-state index contributed by atoms with van der Waals surface area (Å²) in [5, 5.41) is 12.9. The third-order valence-electron chi connectivity index (χ3n) is 3.18. The van der Waals surface area contributed by atoms with E-state index in [9.17, 15) is 5.11 Å². The lowest BCUT2D eigenvalue weighted by Crippen LogP contribution is -2.41. The molecule has 0 saturated carbocycles. The second-order valence-electron chi connectivity index (χ2n) is 4.40. The van der Waals surface area contributed by atoms with Crippen LogP contribution < -0.4 is 5.32 Å². The van der Waals surface area contributed by atoms with Crippen molar-refractivity contribution < 1.29 is 9.84 Å². The Bertz CT molecular complexity index is 178. The minimum Gasteiger partial charge on any atom is -0.389 e. The Morgan fingerprint density at radius 2 is 2.31 bits per heavy atom. The van der Waals surface area contributed by atoms with Gasteiger partial charge in [0.15, 0.2) is 0 Å². The highest BCUT2D eigenvalue weighted by Gasteiger charge is 2.22. The van der Waals surface area contributed by atoms with Crippen LogP contribution >= 0.6 is 0 Å². The van der Waals surface area contributed by atoms with E-state index in [4.69, 9.17) is 4.74 Å². The largest absolute Gasteiger partial charge is 0.389 e. The van der Waals surface area contributed by atoms with Crippen LogP contribution in [0.3, 0.4) is 0 Å². The van der Waals surface area contributed by atoms with Gasteiger partial charge in [0.2, 0.25) is 0 Å². The second-order valence-corrected chi connectivity index (χ2v) is 4.40. The van der Waals surface area contributed by atoms with Crippen LogP contribution in [0.1, 0.15) is 26.7 Å². The summed E-state index contributed by atoms with van der Waals surface area (Å²) >= 11 is 0. The molecule has 0 aromatic rings. The first-order chi connectivity index (χ1) is 7.77. The van der Waals surface area contributed by atoms with Gasteiger partial charge in [0.1, 0.15) is 0 Å². The first-order valence-corrected chi connectivity index (χ1v) is 6.48. The van der Waals surface area contributed by atoms with Crippen molar-refractivity contribution in [3.8, 4) is 0 Å². The molecule has 0 radical (unpaired) electrons. The Kier molecular flexibility index (Phi) is 6.96. The minimum atomic E-state index is -0.378. The van der Waals surface area contributed by atoms with E-state index in [1.165, 1.54) is 19.4 Å². The quantitative estimate of drug-likeness (QED) is 0.636. The van der Waals surface area contributed by atoms with Gasteiger partial charge in [0.25, 0.3) is 0 Å². The molecule has 0 aromatic carbocycles. The number of nitrogens with one attached hydrogen (secondary N) is 1. The number of likely N-dealkylation sites (tertiary alicyclic amines) is 1. The highest BCUT2D eigenvalue weighted by atomic mass is 16.5. The molecule has 0 amide bonds. The molecule has 2 atom stereocenters. The molecule has 0 bridgehead atoms. The average molecular weight is 230 g/mol. The van der Waals surface area contributed by atoms with Crippen LogP contribution in [-0.2, 0) is 4.74 Å². The summed E-state index contributed by atoms with van der Waals surface area (Å²) < 4.78 is 5.16. The van der Waals surface area contributed by atoms with Crippen molar-refractivity contribution in [2.75, 3.05) is 39.4 Å². The molecule has 0 aromatic heterocycles. The van der Waals surface area contributed by atoms with E-state index in [-0.39, 0.29) is 6.10 Å². The summed E-state index contributed by atoms with van der Waals surface area (Å²) in [6, 6.07) is 0.657. The molecule has 1 rings (SSSR count). The zero-order valence-electron chi connectivity index (χ0n) is 10.6. The number of hydrogen-bond acceptors (Lipinski definition) is 4. The van der Waals surface area contributed by atoms with Crippen LogP contribution in [0.4, 0.5) is 0 Å². The molecule has 2 N–H and O–H groups in total. The van der Waals surface area contributed by atoms with Gasteiger partial charge in [0, 0.05) is 25.7 Å². The Balaban J connectivity index is 2.05. The van der Waals surface area contributed by atoms with Crippen LogP contribution in [0.15, 0.2) is 0 Å². The van der Waals surface area contributed by atoms with Crippen molar-refractivity contribution in [3.63, 3.8) is 0 Å². The number of hydrogen-bond donors (Lipinski definition) is 2. The van der Waals surface area contributed by atoms with Gasteiger partial charge in [-0.15, -0.1) is 0 Å². The first-order valence-electron chi connectivity index (χ1n) is 6.48. The lowest BCUT2D eigenvalue weighted by molar-refractivity contribution is 0.0421. The van der Waals surface area contributed by atoms with Crippen LogP contribution in [0.2, 0.25) is 0 Å². The maximum atomic E-state index is 9.58. The Morgan fingerprint density at radius 3 is 3.00 bits per heavy atom. The Hall–Kier alpha value is -0.160. The average Bonchev–Trinajstić information content (AvgIpc) is 2.74. The van der Waals surface area contributed by atoms with Crippen LogP contribution in [0.25, 0.3) is 0 Å². The maximum absolute atomic E-state index is 9.58. The molecule has 16 heavy (non-hydrogen) atoms. The third-order valence-corrected chi connectivity index (χ3v) is 3.18. The van der Waals surface area contributed by atoms with Crippen LogP contribution in [-0.4, -0.2) is 61.5 Å². The van der Waals surface area contributed by atoms with Crippen molar-refractivity contribution >= 4 is 0 Å². The summed E-state index contributed by atoms with van der Waals surface area (Å²) in [6.07, 6.45) is 2.21. The fourth-order valence-electron chi connectivity index (χ4n) is 2.27. The van der Waals surface area contributed by atoms with E-state index in [1.54, 1.807) is 0 Å². The fraction of sp³-hybridized carbons (Fsp3) is 1.00. The van der Waals surface area contributed by atoms with Crippen molar-refractivity contribution in [2.45, 2.75) is 38.8 Å². The van der Waals surface area contributed by atoms with Crippen LogP contribution in [0.5, 0.6) is 0 Å². The molecule has 4 heteroatoms. The lowest BCUT2D eigenvalue weighted by atomic mass is 10.2. The molecule has 2 unspecified atom stereocenters. The van der Waals surface area contributed by atoms with Gasteiger partial charge in [-0.2, -0.15) is 0 Å². The topological polar surface area (TPSA) is 44.7 Å². The number of nitrogens with zero attached hydrogens (tertiary/aromatic N) is 1. The van der Waals surface area contributed by atoms with E-state index >= 15 is 0 Å². The highest BCUT2D eigenvalue weighted by Crippen LogP contribution is 2.15. The minimum absolute atomic E-state index is 0.378. The SMILES string of the molecule is CCOCC(O)CNCC1CCCN1CC. The number of aliphatic hydroxyl groups excluding tert-OH is 1. The summed E-state index contributed by atoms with van der Waals surface area (Å²) in [5.74, 6) is 0. The molecule has 1 heterocycles. The van der Waals surface area contributed by atoms with Crippen molar-refractivity contribution in [3.05, 3.63) is 0 Å². The third kappa shape index (κ3) is 4.78. The van der Waals surface area contributed by atoms with E-state index < -0.39 is 0 Å². The lowest BCUT2D eigenvalue weighted by Gasteiger charge is -2.23. The van der Waals surface area contributed by atoms with E-state index in [0.717, 1.165) is 13.1 Å². The molecule has 4 nitrogen and oxygen atoms in total. The summed E-state index contributed by atoms with van der Waals surface area (Å²) in [7, 11) is 0. The molecule has 1 saturated heterocycles. The summed E-state index contributed by atoms with van der Waals surface area (Å²) in [5.41, 5.74) is 0. The second kappa shape index (κ2) is 8.01. The normalized spacial score (nSPS) is 23.8. The van der Waals surface area contributed by atoms with E-state index in [1.807, 2.05) is 6.92 Å². The smallest absolute Gasteiger partial charge is 0.0897 e. The van der Waals surface area contributed by atoms with Crippen molar-refractivity contribution in [1.29, 1.82) is 0 Å². The van der Waals surface area contributed by atoms with Gasteiger partial charge in [-0.05, 0) is 32.9 Å². The zero-order chi connectivity index (χ0) is 11.8. The Morgan fingerprint density at radius 1 is 1.50 bits per heavy atom. The number of likely N-dealkylation sites (N-methyl/N-ethyl adjacent to an activating group) is 1. The predicted octanol–water partition coefficient (Wildman–Crippen LogP) is 0.458. The first kappa shape index (κ1) is 13.9. The highest BCUT2D eigenvalue weighted by molar-refractivity contribution is 4.80. The van der Waals surface area contributed by atoms with Gasteiger partial charge < -0.3 is 15.2 Å². The molecule has 96 valence electrons. The molecule has 1 aliphatic heterocycles. The Labute approximate surface area is 99.0 Å². The predicted molar refractivity (Wildman–Crippen MR) is 65.6 cm³/mol. The summed E-state index contributed by atoms with van der Waals surface area (Å²) in [4.78, 5) is 2.50. The van der Waals surface area contributed by atoms with E-state index in [2.05, 4.69) is 17.1 Å². The monoisotopic (exact) mass is 230 g/mol. The number of aliphatic hydroxyl groups is 1. The molecule has 0 aliphatic carbocycles. The van der Waals surface area contributed by atoms with Crippen molar-refractivity contribution in [1.82, 2.24) is 10.2 Å². The van der Waals surface area contributed by atoms with Crippen LogP contribution in [0, 0.1) is 0 Å². The van der Waals surface area contributed by atoms with Gasteiger partial charge in [-0.25, -0.2) is 0 Å². The number of rotatable bonds is 8. The van der Waals surface area contributed by atoms with Gasteiger partial charge in [0.05, 0.1) is 12.7 Å². The standard InChI is InChI=1S/C12H26N2O2/c1-3-14-7-5-6-11(14)8-13-9-12(15)10-16-4-2/h11-13,15H,3-10H2,1-2H3. The molecular formula is C12H26N2O2. The van der Waals surface area contributed by atoms with Gasteiger partial charge >= 0.3 is 0 Å². The maximum Gasteiger partial charge on any atom is 0.0897 e. The molecular weight excluding hydrogens is 204 g/mol. The number of ether oxygens (including phenoxy) is 1. The zero-order valence-corrected chi connectivity index (χ0v) is 10.6. The summed E-state index contributed by atoms with van der Waals surface area (Å²) in [6.45, 7) is 9.23. The van der Waals surface area contributed by atoms with Gasteiger partial charge in [-0.3, -0.25) is 4.90 Å². The molecule has 0 spiro atoms.